The topological polar surface area (TPSA) is 79.0 Å². The third-order valence-electron chi connectivity index (χ3n) is 6.29. The lowest BCUT2D eigenvalue weighted by Crippen LogP contribution is -2.37. The summed E-state index contributed by atoms with van der Waals surface area (Å²) in [6.45, 7) is 2.12. The maximum atomic E-state index is 13.0. The van der Waals surface area contributed by atoms with Crippen molar-refractivity contribution in [2.75, 3.05) is 0 Å². The molecule has 1 saturated heterocycles. The molecule has 1 N–H and O–H groups in total. The van der Waals surface area contributed by atoms with Crippen LogP contribution in [-0.4, -0.2) is 31.9 Å². The van der Waals surface area contributed by atoms with Crippen molar-refractivity contribution in [3.63, 3.8) is 0 Å². The fourth-order valence-corrected chi connectivity index (χ4v) is 4.95. The van der Waals surface area contributed by atoms with Crippen LogP contribution in [0.5, 0.6) is 0 Å². The van der Waals surface area contributed by atoms with Crippen LogP contribution < -0.4 is 0 Å². The van der Waals surface area contributed by atoms with E-state index in [4.69, 9.17) is 0 Å². The van der Waals surface area contributed by atoms with Crippen molar-refractivity contribution in [2.24, 2.45) is 23.2 Å². The lowest BCUT2D eigenvalue weighted by Gasteiger charge is -2.28. The van der Waals surface area contributed by atoms with Crippen molar-refractivity contribution in [2.45, 2.75) is 26.3 Å². The molecule has 132 valence electrons. The molecule has 5 rings (SSSR count). The molecule has 2 aliphatic carbocycles. The van der Waals surface area contributed by atoms with E-state index in [1.54, 1.807) is 0 Å². The van der Waals surface area contributed by atoms with Gasteiger partial charge in [-0.2, -0.15) is 5.10 Å². The van der Waals surface area contributed by atoms with Crippen molar-refractivity contribution < 1.29 is 9.59 Å². The highest BCUT2D eigenvalue weighted by molar-refractivity contribution is 6.08. The van der Waals surface area contributed by atoms with E-state index in [1.165, 1.54) is 4.90 Å². The molecule has 1 saturated carbocycles. The molecule has 2 heterocycles. The van der Waals surface area contributed by atoms with E-state index in [2.05, 4.69) is 27.3 Å². The van der Waals surface area contributed by atoms with E-state index in [1.807, 2.05) is 37.3 Å². The number of H-pyrrole nitrogens is 1. The first-order chi connectivity index (χ1) is 12.6. The number of nitrogens with one attached hydrogen (secondary N) is 1. The number of carbonyl (C=O) groups excluding carboxylic acids is 2. The summed E-state index contributed by atoms with van der Waals surface area (Å²) in [4.78, 5) is 31.8. The number of aromatic nitrogens is 3. The standard InChI is InChI=1S/C20H20N4O2/c1-20-14-8-7-13(10-14)17(20)18(25)24(19(20)26)11-16-21-15(22-23-16)9-12-5-3-2-4-6-12/h2-8,13-14,17H,9-11H2,1H3,(H,21,22,23)/t13-,14+,17-,20-/m0/s1. The Kier molecular flexibility index (Phi) is 3.20. The second kappa shape index (κ2) is 5.37. The molecule has 0 unspecified atom stereocenters. The number of nitrogens with zero attached hydrogens (tertiary/aromatic N) is 3. The van der Waals surface area contributed by atoms with Crippen LogP contribution in [0.1, 0.15) is 30.6 Å². The number of hydrogen-bond acceptors (Lipinski definition) is 4. The molecular formula is C20H20N4O2. The fourth-order valence-electron chi connectivity index (χ4n) is 4.95. The molecule has 4 atom stereocenters. The van der Waals surface area contributed by atoms with Crippen molar-refractivity contribution >= 4 is 11.8 Å². The van der Waals surface area contributed by atoms with Gasteiger partial charge in [0.05, 0.1) is 17.9 Å². The third kappa shape index (κ3) is 2.04. The van der Waals surface area contributed by atoms with Crippen LogP contribution in [0.4, 0.5) is 0 Å². The maximum Gasteiger partial charge on any atom is 0.236 e. The number of fused-ring (bicyclic) bond motifs is 5. The van der Waals surface area contributed by atoms with Gasteiger partial charge >= 0.3 is 0 Å². The van der Waals surface area contributed by atoms with E-state index in [0.29, 0.717) is 18.1 Å². The minimum atomic E-state index is -0.580. The Bertz CT molecular complexity index is 919. The van der Waals surface area contributed by atoms with Gasteiger partial charge in [-0.15, -0.1) is 0 Å². The molecule has 2 bridgehead atoms. The first kappa shape index (κ1) is 15.5. The Hall–Kier alpha value is -2.76. The molecule has 2 fully saturated rings. The first-order valence-electron chi connectivity index (χ1n) is 9.05. The number of likely N-dealkylation sites (tertiary alicyclic amines) is 1. The number of carbonyl (C=O) groups is 2. The van der Waals surface area contributed by atoms with Crippen LogP contribution in [0.3, 0.4) is 0 Å². The van der Waals surface area contributed by atoms with E-state index in [-0.39, 0.29) is 36.1 Å². The van der Waals surface area contributed by atoms with Crippen molar-refractivity contribution in [1.82, 2.24) is 20.1 Å². The number of allylic oxidation sites excluding steroid dienone is 2. The largest absolute Gasteiger partial charge is 0.274 e. The van der Waals surface area contributed by atoms with Crippen LogP contribution in [0.15, 0.2) is 42.5 Å². The predicted octanol–water partition coefficient (Wildman–Crippen LogP) is 2.09. The highest BCUT2D eigenvalue weighted by Gasteiger charge is 2.67. The Labute approximate surface area is 151 Å². The summed E-state index contributed by atoms with van der Waals surface area (Å²) in [5.41, 5.74) is 0.541. The zero-order valence-corrected chi connectivity index (χ0v) is 14.6. The molecule has 2 amide bonds. The smallest absolute Gasteiger partial charge is 0.236 e. The van der Waals surface area contributed by atoms with Crippen LogP contribution >= 0.6 is 0 Å². The quantitative estimate of drug-likeness (QED) is 0.678. The molecule has 26 heavy (non-hydrogen) atoms. The number of benzene rings is 1. The summed E-state index contributed by atoms with van der Waals surface area (Å²) in [5, 5.41) is 7.13. The van der Waals surface area contributed by atoms with Gasteiger partial charge in [0.2, 0.25) is 11.8 Å². The minimum absolute atomic E-state index is 0.0599. The second-order valence-electron chi connectivity index (χ2n) is 7.74. The Morgan fingerprint density at radius 1 is 1.23 bits per heavy atom. The molecule has 3 aliphatic rings. The van der Waals surface area contributed by atoms with Crippen molar-refractivity contribution in [1.29, 1.82) is 0 Å². The van der Waals surface area contributed by atoms with E-state index >= 15 is 0 Å². The van der Waals surface area contributed by atoms with Gasteiger partial charge in [-0.1, -0.05) is 42.5 Å². The lowest BCUT2D eigenvalue weighted by atomic mass is 9.71. The molecule has 1 aliphatic heterocycles. The molecule has 1 aromatic carbocycles. The summed E-state index contributed by atoms with van der Waals surface area (Å²) in [6, 6.07) is 9.97. The molecule has 1 aromatic heterocycles. The summed E-state index contributed by atoms with van der Waals surface area (Å²) in [5.74, 6) is 1.27. The zero-order valence-electron chi connectivity index (χ0n) is 14.6. The number of amides is 2. The lowest BCUT2D eigenvalue weighted by molar-refractivity contribution is -0.143. The number of aromatic amines is 1. The average molecular weight is 348 g/mol. The van der Waals surface area contributed by atoms with Gasteiger partial charge in [0.15, 0.2) is 5.82 Å². The summed E-state index contributed by atoms with van der Waals surface area (Å²) < 4.78 is 0. The molecule has 0 radical (unpaired) electrons. The van der Waals surface area contributed by atoms with Gasteiger partial charge < -0.3 is 0 Å². The summed E-state index contributed by atoms with van der Waals surface area (Å²) in [6.07, 6.45) is 5.77. The molecule has 2 aromatic rings. The summed E-state index contributed by atoms with van der Waals surface area (Å²) >= 11 is 0. The molecule has 0 spiro atoms. The van der Waals surface area contributed by atoms with Crippen LogP contribution in [-0.2, 0) is 22.6 Å². The second-order valence-corrected chi connectivity index (χ2v) is 7.74. The maximum absolute atomic E-state index is 13.0. The van der Waals surface area contributed by atoms with Crippen LogP contribution in [0, 0.1) is 23.2 Å². The van der Waals surface area contributed by atoms with Gasteiger partial charge in [0.1, 0.15) is 5.82 Å². The van der Waals surface area contributed by atoms with Crippen LogP contribution in [0.2, 0.25) is 0 Å². The Balaban J connectivity index is 1.35. The number of rotatable bonds is 4. The third-order valence-corrected chi connectivity index (χ3v) is 6.29. The predicted molar refractivity (Wildman–Crippen MR) is 93.5 cm³/mol. The fraction of sp³-hybridized carbons (Fsp3) is 0.400. The van der Waals surface area contributed by atoms with E-state index in [0.717, 1.165) is 12.0 Å². The van der Waals surface area contributed by atoms with E-state index in [9.17, 15) is 9.59 Å². The van der Waals surface area contributed by atoms with Gasteiger partial charge in [-0.05, 0) is 30.7 Å². The number of imide groups is 1. The number of hydrogen-bond donors (Lipinski definition) is 1. The van der Waals surface area contributed by atoms with Crippen LogP contribution in [0.25, 0.3) is 0 Å². The van der Waals surface area contributed by atoms with Crippen molar-refractivity contribution in [3.8, 4) is 0 Å². The summed E-state index contributed by atoms with van der Waals surface area (Å²) in [7, 11) is 0. The minimum Gasteiger partial charge on any atom is -0.274 e. The Morgan fingerprint density at radius 3 is 2.81 bits per heavy atom. The normalized spacial score (nSPS) is 31.9. The highest BCUT2D eigenvalue weighted by atomic mass is 16.2. The Morgan fingerprint density at radius 2 is 2.04 bits per heavy atom. The monoisotopic (exact) mass is 348 g/mol. The molecule has 6 nitrogen and oxygen atoms in total. The van der Waals surface area contributed by atoms with Gasteiger partial charge in [-0.25, -0.2) is 4.98 Å². The average Bonchev–Trinajstić information content (AvgIpc) is 3.38. The molecular weight excluding hydrogens is 328 g/mol. The van der Waals surface area contributed by atoms with Gasteiger partial charge in [0, 0.05) is 6.42 Å². The molecule has 6 heteroatoms. The van der Waals surface area contributed by atoms with Gasteiger partial charge in [-0.3, -0.25) is 19.6 Å². The van der Waals surface area contributed by atoms with E-state index < -0.39 is 5.41 Å². The van der Waals surface area contributed by atoms with Crippen molar-refractivity contribution in [3.05, 3.63) is 59.7 Å². The first-order valence-corrected chi connectivity index (χ1v) is 9.05. The van der Waals surface area contributed by atoms with Gasteiger partial charge in [0.25, 0.3) is 0 Å². The SMILES string of the molecule is C[C@@]12C(=O)N(Cc3nc(Cc4ccccc4)n[nH]3)C(=O)[C@@H]1[C@H]1C=C[C@@H]2C1. The zero-order chi connectivity index (χ0) is 17.9. The highest BCUT2D eigenvalue weighted by Crippen LogP contribution is 2.60.